The molecule has 2 aromatic carbocycles. The van der Waals surface area contributed by atoms with E-state index in [4.69, 9.17) is 27.9 Å². The van der Waals surface area contributed by atoms with E-state index in [9.17, 15) is 4.79 Å². The molecule has 0 fully saturated rings. The van der Waals surface area contributed by atoms with E-state index in [-0.39, 0.29) is 10.6 Å². The molecule has 18 heavy (non-hydrogen) atoms. The third kappa shape index (κ3) is 3.03. The van der Waals surface area contributed by atoms with Crippen molar-refractivity contribution in [2.24, 2.45) is 0 Å². The lowest BCUT2D eigenvalue weighted by molar-refractivity contribution is 0.108. The van der Waals surface area contributed by atoms with Gasteiger partial charge in [-0.1, -0.05) is 48.0 Å². The highest BCUT2D eigenvalue weighted by atomic mass is 35.5. The van der Waals surface area contributed by atoms with E-state index >= 15 is 0 Å². The molecule has 0 spiro atoms. The number of carbonyl (C=O) groups is 1. The van der Waals surface area contributed by atoms with Gasteiger partial charge in [0, 0.05) is 0 Å². The quantitative estimate of drug-likeness (QED) is 0.781. The van der Waals surface area contributed by atoms with E-state index in [0.29, 0.717) is 12.4 Å². The molecule has 2 aromatic rings. The zero-order valence-electron chi connectivity index (χ0n) is 9.40. The van der Waals surface area contributed by atoms with Crippen molar-refractivity contribution >= 4 is 28.4 Å². The molecular formula is C14H10Cl2O2. The fourth-order valence-corrected chi connectivity index (χ4v) is 1.98. The molecule has 0 saturated carbocycles. The Hall–Kier alpha value is -1.51. The minimum atomic E-state index is -0.592. The molecule has 92 valence electrons. The summed E-state index contributed by atoms with van der Waals surface area (Å²) in [5, 5.41) is -0.349. The van der Waals surface area contributed by atoms with Crippen LogP contribution in [0.3, 0.4) is 0 Å². The van der Waals surface area contributed by atoms with Crippen LogP contribution >= 0.6 is 23.2 Å². The van der Waals surface area contributed by atoms with Crippen molar-refractivity contribution in [2.45, 2.75) is 6.61 Å². The summed E-state index contributed by atoms with van der Waals surface area (Å²) in [5.41, 5.74) is 1.28. The van der Waals surface area contributed by atoms with Crippen molar-refractivity contribution in [3.63, 3.8) is 0 Å². The molecule has 2 nitrogen and oxygen atoms in total. The third-order valence-electron chi connectivity index (χ3n) is 2.41. The van der Waals surface area contributed by atoms with Gasteiger partial charge in [-0.3, -0.25) is 4.79 Å². The van der Waals surface area contributed by atoms with Gasteiger partial charge in [-0.2, -0.15) is 0 Å². The van der Waals surface area contributed by atoms with Crippen LogP contribution in [0.5, 0.6) is 5.75 Å². The molecule has 0 radical (unpaired) electrons. The molecule has 0 unspecified atom stereocenters. The van der Waals surface area contributed by atoms with E-state index < -0.39 is 5.24 Å². The van der Waals surface area contributed by atoms with Crippen molar-refractivity contribution < 1.29 is 9.53 Å². The van der Waals surface area contributed by atoms with E-state index in [1.807, 2.05) is 30.3 Å². The molecule has 0 heterocycles. The summed E-state index contributed by atoms with van der Waals surface area (Å²) in [6.07, 6.45) is 0. The van der Waals surface area contributed by atoms with Crippen molar-refractivity contribution in [3.05, 3.63) is 64.7 Å². The van der Waals surface area contributed by atoms with Gasteiger partial charge in [0.15, 0.2) is 0 Å². The van der Waals surface area contributed by atoms with Crippen LogP contribution in [0, 0.1) is 0 Å². The first-order valence-corrected chi connectivity index (χ1v) is 6.09. The maximum Gasteiger partial charge on any atom is 0.254 e. The first kappa shape index (κ1) is 12.9. The summed E-state index contributed by atoms with van der Waals surface area (Å²) < 4.78 is 5.57. The van der Waals surface area contributed by atoms with E-state index in [1.54, 1.807) is 18.2 Å². The normalized spacial score (nSPS) is 10.1. The van der Waals surface area contributed by atoms with Gasteiger partial charge in [0.1, 0.15) is 12.4 Å². The number of halogens is 2. The van der Waals surface area contributed by atoms with Crippen LogP contribution in [0.15, 0.2) is 48.5 Å². The average molecular weight is 281 g/mol. The molecule has 0 bridgehead atoms. The van der Waals surface area contributed by atoms with Crippen LogP contribution in [0.1, 0.15) is 15.9 Å². The van der Waals surface area contributed by atoms with Gasteiger partial charge in [-0.05, 0) is 29.3 Å². The molecule has 0 atom stereocenters. The van der Waals surface area contributed by atoms with Gasteiger partial charge in [-0.25, -0.2) is 0 Å². The lowest BCUT2D eigenvalue weighted by atomic mass is 10.2. The van der Waals surface area contributed by atoms with Crippen molar-refractivity contribution in [1.82, 2.24) is 0 Å². The highest BCUT2D eigenvalue weighted by Gasteiger charge is 2.12. The van der Waals surface area contributed by atoms with E-state index in [1.165, 1.54) is 0 Å². The molecule has 0 aliphatic carbocycles. The zero-order chi connectivity index (χ0) is 13.0. The van der Waals surface area contributed by atoms with Crippen LogP contribution in [0.25, 0.3) is 0 Å². The first-order valence-electron chi connectivity index (χ1n) is 5.33. The maximum absolute atomic E-state index is 11.1. The molecule has 0 aromatic heterocycles. The van der Waals surface area contributed by atoms with Gasteiger partial charge in [0.05, 0.1) is 10.6 Å². The van der Waals surface area contributed by atoms with Crippen LogP contribution in [0.4, 0.5) is 0 Å². The minimum absolute atomic E-state index is 0.244. The minimum Gasteiger partial charge on any atom is -0.487 e. The second-order valence-electron chi connectivity index (χ2n) is 3.67. The Kier molecular flexibility index (Phi) is 4.24. The second kappa shape index (κ2) is 5.89. The number of carbonyl (C=O) groups excluding carboxylic acids is 1. The van der Waals surface area contributed by atoms with Crippen LogP contribution < -0.4 is 4.74 Å². The second-order valence-corrected chi connectivity index (χ2v) is 4.39. The molecule has 4 heteroatoms. The molecule has 2 rings (SSSR count). The van der Waals surface area contributed by atoms with Crippen molar-refractivity contribution in [2.75, 3.05) is 0 Å². The number of hydrogen-bond acceptors (Lipinski definition) is 2. The number of benzene rings is 2. The molecule has 0 aliphatic heterocycles. The molecular weight excluding hydrogens is 271 g/mol. The fourth-order valence-electron chi connectivity index (χ4n) is 1.51. The highest BCUT2D eigenvalue weighted by Crippen LogP contribution is 2.29. The summed E-state index contributed by atoms with van der Waals surface area (Å²) in [4.78, 5) is 11.1. The molecule has 0 amide bonds. The van der Waals surface area contributed by atoms with Crippen molar-refractivity contribution in [3.8, 4) is 5.75 Å². The van der Waals surface area contributed by atoms with Crippen LogP contribution in [-0.4, -0.2) is 5.24 Å². The summed E-state index contributed by atoms with van der Waals surface area (Å²) in [5.74, 6) is 0.451. The Morgan fingerprint density at radius 2 is 1.78 bits per heavy atom. The lowest BCUT2D eigenvalue weighted by Crippen LogP contribution is -1.98. The SMILES string of the molecule is O=C(Cl)c1cccc(OCc2ccccc2)c1Cl. The smallest absolute Gasteiger partial charge is 0.254 e. The molecule has 0 aliphatic rings. The van der Waals surface area contributed by atoms with Gasteiger partial charge < -0.3 is 4.74 Å². The largest absolute Gasteiger partial charge is 0.487 e. The lowest BCUT2D eigenvalue weighted by Gasteiger charge is -2.09. The Balaban J connectivity index is 2.15. The Bertz CT molecular complexity index is 553. The topological polar surface area (TPSA) is 26.3 Å². The third-order valence-corrected chi connectivity index (χ3v) is 3.01. The zero-order valence-corrected chi connectivity index (χ0v) is 10.9. The summed E-state index contributed by atoms with van der Waals surface area (Å²) in [7, 11) is 0. The van der Waals surface area contributed by atoms with Gasteiger partial charge in [0.2, 0.25) is 0 Å². The fraction of sp³-hybridized carbons (Fsp3) is 0.0714. The van der Waals surface area contributed by atoms with E-state index in [0.717, 1.165) is 5.56 Å². The predicted molar refractivity (Wildman–Crippen MR) is 72.4 cm³/mol. The molecule has 0 N–H and O–H groups in total. The Labute approximate surface area is 115 Å². The van der Waals surface area contributed by atoms with Crippen LogP contribution in [-0.2, 0) is 6.61 Å². The highest BCUT2D eigenvalue weighted by molar-refractivity contribution is 6.68. The van der Waals surface area contributed by atoms with Gasteiger partial charge in [0.25, 0.3) is 5.24 Å². The summed E-state index contributed by atoms with van der Waals surface area (Å²) in [6, 6.07) is 14.6. The number of rotatable bonds is 4. The monoisotopic (exact) mass is 280 g/mol. The first-order chi connectivity index (χ1) is 8.68. The maximum atomic E-state index is 11.1. The van der Waals surface area contributed by atoms with Gasteiger partial charge in [-0.15, -0.1) is 0 Å². The Morgan fingerprint density at radius 1 is 1.06 bits per heavy atom. The standard InChI is InChI=1S/C14H10Cl2O2/c15-13-11(14(16)17)7-4-8-12(13)18-9-10-5-2-1-3-6-10/h1-8H,9H2. The van der Waals surface area contributed by atoms with Crippen molar-refractivity contribution in [1.29, 1.82) is 0 Å². The van der Waals surface area contributed by atoms with Gasteiger partial charge >= 0.3 is 0 Å². The number of ether oxygens (including phenoxy) is 1. The Morgan fingerprint density at radius 3 is 2.44 bits per heavy atom. The van der Waals surface area contributed by atoms with E-state index in [2.05, 4.69) is 0 Å². The summed E-state index contributed by atoms with van der Waals surface area (Å²) in [6.45, 7) is 0.389. The molecule has 0 saturated heterocycles. The number of hydrogen-bond donors (Lipinski definition) is 0. The van der Waals surface area contributed by atoms with Crippen LogP contribution in [0.2, 0.25) is 5.02 Å². The average Bonchev–Trinajstić information content (AvgIpc) is 2.38. The predicted octanol–water partition coefficient (Wildman–Crippen LogP) is 4.30. The summed E-state index contributed by atoms with van der Waals surface area (Å²) >= 11 is 11.5.